The van der Waals surface area contributed by atoms with Gasteiger partial charge >= 0.3 is 0 Å². The van der Waals surface area contributed by atoms with Crippen molar-refractivity contribution in [2.45, 2.75) is 46.0 Å². The van der Waals surface area contributed by atoms with E-state index in [0.29, 0.717) is 24.1 Å². The van der Waals surface area contributed by atoms with Crippen LogP contribution in [-0.4, -0.2) is 30.7 Å². The Morgan fingerprint density at radius 1 is 1.37 bits per heavy atom. The van der Waals surface area contributed by atoms with Gasteiger partial charge in [-0.15, -0.1) is 0 Å². The van der Waals surface area contributed by atoms with Crippen molar-refractivity contribution in [3.8, 4) is 0 Å². The molecule has 1 rings (SSSR count). The van der Waals surface area contributed by atoms with Crippen LogP contribution < -0.4 is 11.1 Å². The predicted molar refractivity (Wildman–Crippen MR) is 81.0 cm³/mol. The molecule has 0 heterocycles. The molecule has 0 bridgehead atoms. The highest BCUT2D eigenvalue weighted by Crippen LogP contribution is 2.36. The number of thiocarbonyl (C=S) groups is 1. The number of hydrogen-bond donors (Lipinski definition) is 2. The largest absolute Gasteiger partial charge is 0.392 e. The Balaban J connectivity index is 2.39. The summed E-state index contributed by atoms with van der Waals surface area (Å²) >= 11 is 5.13. The van der Waals surface area contributed by atoms with Crippen molar-refractivity contribution in [2.75, 3.05) is 19.8 Å². The van der Waals surface area contributed by atoms with Gasteiger partial charge in [0.15, 0.2) is 0 Å². The number of nitrogens with two attached hydrogens (primary N) is 1. The van der Waals surface area contributed by atoms with E-state index in [9.17, 15) is 4.79 Å². The first-order chi connectivity index (χ1) is 8.99. The molecule has 1 saturated carbocycles. The van der Waals surface area contributed by atoms with E-state index >= 15 is 0 Å². The molecule has 0 unspecified atom stereocenters. The zero-order chi connectivity index (χ0) is 14.3. The first kappa shape index (κ1) is 16.4. The molecule has 0 aromatic rings. The van der Waals surface area contributed by atoms with Gasteiger partial charge in [-0.25, -0.2) is 0 Å². The zero-order valence-corrected chi connectivity index (χ0v) is 12.9. The Kier molecular flexibility index (Phi) is 6.72. The van der Waals surface area contributed by atoms with Gasteiger partial charge in [0.2, 0.25) is 5.91 Å². The van der Waals surface area contributed by atoms with Crippen molar-refractivity contribution < 1.29 is 9.53 Å². The van der Waals surface area contributed by atoms with Gasteiger partial charge in [-0.1, -0.05) is 45.3 Å². The third-order valence-electron chi connectivity index (χ3n) is 3.60. The smallest absolute Gasteiger partial charge is 0.233 e. The molecule has 19 heavy (non-hydrogen) atoms. The summed E-state index contributed by atoms with van der Waals surface area (Å²) in [6.07, 6.45) is 4.76. The predicted octanol–water partition coefficient (Wildman–Crippen LogP) is 2.01. The van der Waals surface area contributed by atoms with Gasteiger partial charge in [-0.3, -0.25) is 4.79 Å². The average Bonchev–Trinajstić information content (AvgIpc) is 2.38. The van der Waals surface area contributed by atoms with Crippen molar-refractivity contribution >= 4 is 23.1 Å². The van der Waals surface area contributed by atoms with Crippen LogP contribution in [0.25, 0.3) is 0 Å². The Morgan fingerprint density at radius 3 is 2.53 bits per heavy atom. The van der Waals surface area contributed by atoms with Crippen LogP contribution in [0.5, 0.6) is 0 Å². The number of amides is 1. The highest BCUT2D eigenvalue weighted by molar-refractivity contribution is 7.80. The molecule has 0 aromatic carbocycles. The lowest BCUT2D eigenvalue weighted by atomic mass is 9.73. The minimum atomic E-state index is -0.619. The summed E-state index contributed by atoms with van der Waals surface area (Å²) in [4.78, 5) is 12.7. The van der Waals surface area contributed by atoms with Gasteiger partial charge in [-0.2, -0.15) is 0 Å². The van der Waals surface area contributed by atoms with Crippen LogP contribution in [0.3, 0.4) is 0 Å². The van der Waals surface area contributed by atoms with Crippen LogP contribution in [-0.2, 0) is 9.53 Å². The Labute approximate surface area is 121 Å². The summed E-state index contributed by atoms with van der Waals surface area (Å²) in [6, 6.07) is 0. The highest BCUT2D eigenvalue weighted by atomic mass is 32.1. The molecular formula is C14H26N2O2S. The number of ether oxygens (including phenoxy) is 1. The topological polar surface area (TPSA) is 64.3 Å². The third-order valence-corrected chi connectivity index (χ3v) is 3.99. The molecule has 0 saturated heterocycles. The lowest BCUT2D eigenvalue weighted by molar-refractivity contribution is -0.129. The maximum atomic E-state index is 12.3. The molecule has 3 N–H and O–H groups in total. The van der Waals surface area contributed by atoms with Gasteiger partial charge in [0.25, 0.3) is 0 Å². The highest BCUT2D eigenvalue weighted by Gasteiger charge is 2.42. The van der Waals surface area contributed by atoms with Gasteiger partial charge in [-0.05, 0) is 18.8 Å². The standard InChI is InChI=1S/C14H26N2O2S/c1-11(2)10-18-9-8-16-13(17)14(12(15)19)6-4-3-5-7-14/h11H,3-10H2,1-2H3,(H2,15,19)(H,16,17). The van der Waals surface area contributed by atoms with Gasteiger partial charge in [0.1, 0.15) is 0 Å². The van der Waals surface area contributed by atoms with E-state index in [2.05, 4.69) is 19.2 Å². The minimum absolute atomic E-state index is 0.0205. The van der Waals surface area contributed by atoms with E-state index in [1.807, 2.05) is 0 Å². The first-order valence-electron chi connectivity index (χ1n) is 7.15. The number of hydrogen-bond acceptors (Lipinski definition) is 3. The Bertz CT molecular complexity index is 313. The fraction of sp³-hybridized carbons (Fsp3) is 0.857. The molecular weight excluding hydrogens is 260 g/mol. The molecule has 4 nitrogen and oxygen atoms in total. The second-order valence-corrected chi connectivity index (χ2v) is 6.17. The normalized spacial score (nSPS) is 18.3. The third kappa shape index (κ3) is 4.73. The molecule has 0 aromatic heterocycles. The summed E-state index contributed by atoms with van der Waals surface area (Å²) < 4.78 is 5.45. The number of carbonyl (C=O) groups is 1. The van der Waals surface area contributed by atoms with Crippen LogP contribution in [0.15, 0.2) is 0 Å². The fourth-order valence-corrected chi connectivity index (χ4v) is 2.76. The van der Waals surface area contributed by atoms with Crippen LogP contribution >= 0.6 is 12.2 Å². The van der Waals surface area contributed by atoms with E-state index in [0.717, 1.165) is 38.7 Å². The molecule has 110 valence electrons. The molecule has 1 aliphatic carbocycles. The van der Waals surface area contributed by atoms with Crippen LogP contribution in [0, 0.1) is 11.3 Å². The van der Waals surface area contributed by atoms with Crippen molar-refractivity contribution in [2.24, 2.45) is 17.1 Å². The molecule has 0 spiro atoms. The van der Waals surface area contributed by atoms with E-state index in [1.165, 1.54) is 0 Å². The van der Waals surface area contributed by atoms with Crippen molar-refractivity contribution in [3.63, 3.8) is 0 Å². The molecule has 0 atom stereocenters. The lowest BCUT2D eigenvalue weighted by Gasteiger charge is -2.34. The molecule has 1 amide bonds. The molecule has 0 aliphatic heterocycles. The maximum absolute atomic E-state index is 12.3. The summed E-state index contributed by atoms with van der Waals surface area (Å²) in [5.74, 6) is 0.491. The summed E-state index contributed by atoms with van der Waals surface area (Å²) in [6.45, 7) is 5.98. The Hall–Kier alpha value is -0.680. The van der Waals surface area contributed by atoms with Crippen molar-refractivity contribution in [1.29, 1.82) is 0 Å². The fourth-order valence-electron chi connectivity index (χ4n) is 2.47. The van der Waals surface area contributed by atoms with Gasteiger partial charge in [0, 0.05) is 13.2 Å². The summed E-state index contributed by atoms with van der Waals surface area (Å²) in [7, 11) is 0. The Morgan fingerprint density at radius 2 is 2.00 bits per heavy atom. The molecule has 5 heteroatoms. The zero-order valence-electron chi connectivity index (χ0n) is 12.0. The molecule has 1 aliphatic rings. The number of rotatable bonds is 7. The summed E-state index contributed by atoms with van der Waals surface area (Å²) in [5.41, 5.74) is 5.19. The average molecular weight is 286 g/mol. The van der Waals surface area contributed by atoms with Crippen LogP contribution in [0.4, 0.5) is 0 Å². The van der Waals surface area contributed by atoms with E-state index < -0.39 is 5.41 Å². The van der Waals surface area contributed by atoms with Crippen molar-refractivity contribution in [1.82, 2.24) is 5.32 Å². The second kappa shape index (κ2) is 7.80. The SMILES string of the molecule is CC(C)COCCNC(=O)C1(C(N)=S)CCCCC1. The van der Waals surface area contributed by atoms with Gasteiger partial charge in [0.05, 0.1) is 17.0 Å². The number of carbonyl (C=O) groups excluding carboxylic acids is 1. The van der Waals surface area contributed by atoms with Crippen LogP contribution in [0.2, 0.25) is 0 Å². The van der Waals surface area contributed by atoms with Crippen molar-refractivity contribution in [3.05, 3.63) is 0 Å². The minimum Gasteiger partial charge on any atom is -0.392 e. The van der Waals surface area contributed by atoms with E-state index in [-0.39, 0.29) is 5.91 Å². The number of nitrogens with one attached hydrogen (secondary N) is 1. The van der Waals surface area contributed by atoms with E-state index in [1.54, 1.807) is 0 Å². The maximum Gasteiger partial charge on any atom is 0.233 e. The molecule has 0 radical (unpaired) electrons. The quantitative estimate of drug-likeness (QED) is 0.555. The van der Waals surface area contributed by atoms with Crippen LogP contribution in [0.1, 0.15) is 46.0 Å². The van der Waals surface area contributed by atoms with E-state index in [4.69, 9.17) is 22.7 Å². The summed E-state index contributed by atoms with van der Waals surface area (Å²) in [5, 5.41) is 2.92. The second-order valence-electron chi connectivity index (χ2n) is 5.73. The first-order valence-corrected chi connectivity index (χ1v) is 7.56. The van der Waals surface area contributed by atoms with Gasteiger partial charge < -0.3 is 15.8 Å². The lowest BCUT2D eigenvalue weighted by Crippen LogP contribution is -2.50. The molecule has 1 fully saturated rings. The monoisotopic (exact) mass is 286 g/mol.